The van der Waals surface area contributed by atoms with Crippen molar-refractivity contribution in [2.45, 2.75) is 12.1 Å². The average molecular weight is 538 g/mol. The lowest BCUT2D eigenvalue weighted by Crippen LogP contribution is -2.29. The SMILES string of the molecule is Fc1cc(Br)ccc1-c1ccc([C@H]2[C@@H](c3ccccn3)NC(=S)N2c2ccc3c(c2)OCO3)o1. The van der Waals surface area contributed by atoms with Crippen LogP contribution in [0.4, 0.5) is 10.1 Å². The maximum absolute atomic E-state index is 14.6. The molecule has 34 heavy (non-hydrogen) atoms. The Morgan fingerprint density at radius 2 is 1.91 bits per heavy atom. The van der Waals surface area contributed by atoms with Gasteiger partial charge in [0.15, 0.2) is 16.6 Å². The molecule has 0 radical (unpaired) electrons. The van der Waals surface area contributed by atoms with Gasteiger partial charge in [-0.1, -0.05) is 22.0 Å². The van der Waals surface area contributed by atoms with Gasteiger partial charge in [0.25, 0.3) is 0 Å². The van der Waals surface area contributed by atoms with E-state index in [1.54, 1.807) is 24.4 Å². The molecule has 2 aromatic carbocycles. The second kappa shape index (κ2) is 8.41. The third kappa shape index (κ3) is 3.61. The number of nitrogens with zero attached hydrogens (tertiary/aromatic N) is 2. The molecule has 1 fully saturated rings. The number of ether oxygens (including phenoxy) is 2. The van der Waals surface area contributed by atoms with Gasteiger partial charge in [-0.3, -0.25) is 4.98 Å². The van der Waals surface area contributed by atoms with E-state index < -0.39 is 0 Å². The van der Waals surface area contributed by atoms with E-state index in [0.717, 1.165) is 11.4 Å². The normalized spacial score (nSPS) is 18.9. The summed E-state index contributed by atoms with van der Waals surface area (Å²) in [6.45, 7) is 0.182. The molecule has 1 N–H and O–H groups in total. The quantitative estimate of drug-likeness (QED) is 0.313. The van der Waals surface area contributed by atoms with Crippen LogP contribution in [0.1, 0.15) is 23.5 Å². The number of pyridine rings is 1. The molecule has 2 aliphatic rings. The zero-order chi connectivity index (χ0) is 23.2. The number of furan rings is 1. The molecule has 6 rings (SSSR count). The van der Waals surface area contributed by atoms with E-state index in [-0.39, 0.29) is 24.7 Å². The van der Waals surface area contributed by atoms with Crippen molar-refractivity contribution in [3.8, 4) is 22.8 Å². The van der Waals surface area contributed by atoms with Gasteiger partial charge in [-0.25, -0.2) is 4.39 Å². The average Bonchev–Trinajstić information content (AvgIpc) is 3.57. The molecule has 6 nitrogen and oxygen atoms in total. The number of thiocarbonyl (C=S) groups is 1. The summed E-state index contributed by atoms with van der Waals surface area (Å²) in [6, 6.07) is 19.3. The Morgan fingerprint density at radius 3 is 2.74 bits per heavy atom. The fraction of sp³-hybridized carbons (Fsp3) is 0.120. The number of benzene rings is 2. The summed E-state index contributed by atoms with van der Waals surface area (Å²) >= 11 is 9.05. The van der Waals surface area contributed by atoms with Gasteiger partial charge in [0.05, 0.1) is 17.3 Å². The lowest BCUT2D eigenvalue weighted by molar-refractivity contribution is 0.174. The zero-order valence-corrected chi connectivity index (χ0v) is 20.0. The molecule has 4 heterocycles. The molecule has 9 heteroatoms. The maximum atomic E-state index is 14.6. The first kappa shape index (κ1) is 21.1. The third-order valence-corrected chi connectivity index (χ3v) is 6.66. The standard InChI is InChI=1S/C25H17BrFN3O3S/c26-14-4-6-16(17(27)11-14)19-8-9-21(33-19)24-23(18-3-1-2-10-28-18)29-25(34)30(24)15-5-7-20-22(12-15)32-13-31-20/h1-12,23-24H,13H2,(H,29,34)/t23-,24+/m1/s1. The van der Waals surface area contributed by atoms with Gasteiger partial charge < -0.3 is 24.1 Å². The first-order chi connectivity index (χ1) is 16.6. The van der Waals surface area contributed by atoms with E-state index in [2.05, 4.69) is 26.2 Å². The first-order valence-electron chi connectivity index (χ1n) is 10.5. The minimum Gasteiger partial charge on any atom is -0.459 e. The van der Waals surface area contributed by atoms with Crippen LogP contribution in [-0.4, -0.2) is 16.9 Å². The highest BCUT2D eigenvalue weighted by atomic mass is 79.9. The first-order valence-corrected chi connectivity index (χ1v) is 11.7. The summed E-state index contributed by atoms with van der Waals surface area (Å²) in [4.78, 5) is 6.51. The highest BCUT2D eigenvalue weighted by molar-refractivity contribution is 9.10. The van der Waals surface area contributed by atoms with Crippen molar-refractivity contribution >= 4 is 38.9 Å². The molecule has 170 valence electrons. The monoisotopic (exact) mass is 537 g/mol. The Labute approximate surface area is 208 Å². The lowest BCUT2D eigenvalue weighted by Gasteiger charge is -2.26. The Kier molecular flexibility index (Phi) is 5.23. The predicted octanol–water partition coefficient (Wildman–Crippen LogP) is 6.15. The van der Waals surface area contributed by atoms with E-state index in [1.165, 1.54) is 6.07 Å². The number of halogens is 2. The van der Waals surface area contributed by atoms with Gasteiger partial charge in [-0.2, -0.15) is 0 Å². The van der Waals surface area contributed by atoms with E-state index in [1.807, 2.05) is 47.4 Å². The fourth-order valence-electron chi connectivity index (χ4n) is 4.30. The Morgan fingerprint density at radius 1 is 1.03 bits per heavy atom. The number of hydrogen-bond donors (Lipinski definition) is 1. The van der Waals surface area contributed by atoms with Crippen molar-refractivity contribution in [1.82, 2.24) is 10.3 Å². The molecule has 4 aromatic rings. The molecule has 0 aliphatic carbocycles. The van der Waals surface area contributed by atoms with Crippen LogP contribution in [-0.2, 0) is 0 Å². The molecule has 2 atom stereocenters. The molecule has 2 aromatic heterocycles. The van der Waals surface area contributed by atoms with Gasteiger partial charge in [0.2, 0.25) is 6.79 Å². The maximum Gasteiger partial charge on any atom is 0.231 e. The second-order valence-electron chi connectivity index (χ2n) is 7.86. The van der Waals surface area contributed by atoms with Crippen molar-refractivity contribution in [1.29, 1.82) is 0 Å². The minimum absolute atomic E-state index is 0.182. The van der Waals surface area contributed by atoms with E-state index in [0.29, 0.717) is 38.2 Å². The summed E-state index contributed by atoms with van der Waals surface area (Å²) in [5.74, 6) is 2.02. The van der Waals surface area contributed by atoms with E-state index >= 15 is 0 Å². The van der Waals surface area contributed by atoms with Crippen LogP contribution in [0, 0.1) is 5.82 Å². The summed E-state index contributed by atoms with van der Waals surface area (Å²) in [5, 5.41) is 3.91. The number of rotatable bonds is 4. The van der Waals surface area contributed by atoms with Gasteiger partial charge >= 0.3 is 0 Å². The number of nitrogens with one attached hydrogen (secondary N) is 1. The van der Waals surface area contributed by atoms with E-state index in [4.69, 9.17) is 26.1 Å². The third-order valence-electron chi connectivity index (χ3n) is 5.85. The number of hydrogen-bond acceptors (Lipinski definition) is 5. The number of fused-ring (bicyclic) bond motifs is 1. The summed E-state index contributed by atoms with van der Waals surface area (Å²) < 4.78 is 32.6. The molecule has 0 unspecified atom stereocenters. The van der Waals surface area contributed by atoms with Crippen LogP contribution in [0.15, 0.2) is 81.8 Å². The van der Waals surface area contributed by atoms with Crippen LogP contribution >= 0.6 is 28.1 Å². The van der Waals surface area contributed by atoms with E-state index in [9.17, 15) is 4.39 Å². The highest BCUT2D eigenvalue weighted by Crippen LogP contribution is 2.45. The number of aromatic nitrogens is 1. The Balaban J connectivity index is 1.45. The Bertz CT molecular complexity index is 1400. The molecule has 1 saturated heterocycles. The zero-order valence-electron chi connectivity index (χ0n) is 17.6. The van der Waals surface area contributed by atoms with Crippen molar-refractivity contribution in [2.75, 3.05) is 11.7 Å². The smallest absolute Gasteiger partial charge is 0.231 e. The number of anilines is 1. The van der Waals surface area contributed by atoms with Crippen molar-refractivity contribution in [3.63, 3.8) is 0 Å². The van der Waals surface area contributed by atoms with Gasteiger partial charge in [0, 0.05) is 22.4 Å². The fourth-order valence-corrected chi connectivity index (χ4v) is 4.98. The molecule has 0 amide bonds. The van der Waals surface area contributed by atoms with Crippen LogP contribution in [0.2, 0.25) is 0 Å². The van der Waals surface area contributed by atoms with Crippen LogP contribution in [0.5, 0.6) is 11.5 Å². The van der Waals surface area contributed by atoms with Crippen LogP contribution in [0.25, 0.3) is 11.3 Å². The minimum atomic E-state index is -0.371. The van der Waals surface area contributed by atoms with Gasteiger partial charge in [-0.05, 0) is 66.8 Å². The van der Waals surface area contributed by atoms with Gasteiger partial charge in [-0.15, -0.1) is 0 Å². The van der Waals surface area contributed by atoms with Crippen LogP contribution < -0.4 is 19.7 Å². The summed E-state index contributed by atoms with van der Waals surface area (Å²) in [6.07, 6.45) is 1.74. The second-order valence-corrected chi connectivity index (χ2v) is 9.16. The predicted molar refractivity (Wildman–Crippen MR) is 132 cm³/mol. The molecular formula is C25H17BrFN3O3S. The van der Waals surface area contributed by atoms with Gasteiger partial charge in [0.1, 0.15) is 23.4 Å². The molecule has 0 bridgehead atoms. The highest BCUT2D eigenvalue weighted by Gasteiger charge is 2.43. The Hall–Kier alpha value is -3.43. The molecule has 0 saturated carbocycles. The van der Waals surface area contributed by atoms with Crippen molar-refractivity contribution < 1.29 is 18.3 Å². The summed E-state index contributed by atoms with van der Waals surface area (Å²) in [5.41, 5.74) is 2.01. The van der Waals surface area contributed by atoms with Crippen molar-refractivity contribution in [3.05, 3.63) is 94.7 Å². The molecule has 0 spiro atoms. The topological polar surface area (TPSA) is 59.8 Å². The summed E-state index contributed by atoms with van der Waals surface area (Å²) in [7, 11) is 0. The largest absolute Gasteiger partial charge is 0.459 e. The lowest BCUT2D eigenvalue weighted by atomic mass is 10.0. The van der Waals surface area contributed by atoms with Crippen LogP contribution in [0.3, 0.4) is 0 Å². The molecule has 2 aliphatic heterocycles. The molecular weight excluding hydrogens is 521 g/mol. The van der Waals surface area contributed by atoms with Crippen molar-refractivity contribution in [2.24, 2.45) is 0 Å².